The minimum atomic E-state index is 0.267. The molecule has 2 saturated carbocycles. The lowest BCUT2D eigenvalue weighted by Gasteiger charge is -2.22. The molecule has 268 valence electrons. The van der Waals surface area contributed by atoms with E-state index in [4.69, 9.17) is 9.47 Å². The van der Waals surface area contributed by atoms with Crippen LogP contribution in [0.3, 0.4) is 0 Å². The molecule has 2 saturated heterocycles. The van der Waals surface area contributed by atoms with Gasteiger partial charge in [0, 0.05) is 47.8 Å². The van der Waals surface area contributed by atoms with E-state index in [1.165, 1.54) is 56.9 Å². The van der Waals surface area contributed by atoms with Crippen LogP contribution in [0.25, 0.3) is 22.5 Å². The van der Waals surface area contributed by atoms with Crippen molar-refractivity contribution in [3.8, 4) is 46.2 Å². The predicted octanol–water partition coefficient (Wildman–Crippen LogP) is 8.58. The zero-order valence-electron chi connectivity index (χ0n) is 31.0. The molecule has 0 radical (unpaired) electrons. The number of hydrogen-bond acceptors (Lipinski definition) is 6. The summed E-state index contributed by atoms with van der Waals surface area (Å²) in [6.07, 6.45) is 15.9. The fourth-order valence-corrected chi connectivity index (χ4v) is 6.37. The first-order valence-electron chi connectivity index (χ1n) is 19.3. The molecule has 4 aromatic rings. The quantitative estimate of drug-likeness (QED) is 0.181. The van der Waals surface area contributed by atoms with Crippen molar-refractivity contribution in [1.29, 1.82) is 0 Å². The van der Waals surface area contributed by atoms with E-state index < -0.39 is 0 Å². The fourth-order valence-electron chi connectivity index (χ4n) is 6.37. The third-order valence-corrected chi connectivity index (χ3v) is 9.82. The highest BCUT2D eigenvalue weighted by Gasteiger charge is 2.21. The summed E-state index contributed by atoms with van der Waals surface area (Å²) in [6.45, 7) is 11.5. The number of hydrogen-bond donors (Lipinski definition) is 0. The van der Waals surface area contributed by atoms with Crippen LogP contribution >= 0.6 is 0 Å². The maximum atomic E-state index is 5.84. The first kappa shape index (κ1) is 36.5. The van der Waals surface area contributed by atoms with Gasteiger partial charge in [0.15, 0.2) is 0 Å². The molecular formula is C43H54N6O2. The number of benzene rings is 2. The summed E-state index contributed by atoms with van der Waals surface area (Å²) < 4.78 is 15.5. The molecule has 8 heteroatoms. The lowest BCUT2D eigenvalue weighted by atomic mass is 10.0. The van der Waals surface area contributed by atoms with Gasteiger partial charge in [-0.15, -0.1) is 10.2 Å². The standard InChI is InChI=1S/C21H25N3O.C20H23N3O.C2H6/c1-15-13-18(9-8-17-6-7-17)10-11-20(15)21-16(2)24(23-22-21)14-19-5-3-4-12-25-19;1-2-13-24-19(6-1)14-23-15-20(21-22-23)18-11-9-17(10-12-18)5-3-4-16-7-8-16;1-2/h10-11,13,17,19H,3-7,12,14H2,1-2H3;9-12,15-16,19H,1-2,4,6-8,13-14H2;1-2H3/t2*19-;/m11./s1. The highest BCUT2D eigenvalue weighted by Crippen LogP contribution is 2.32. The molecule has 4 heterocycles. The second-order valence-corrected chi connectivity index (χ2v) is 14.1. The van der Waals surface area contributed by atoms with Crippen LogP contribution < -0.4 is 0 Å². The summed E-state index contributed by atoms with van der Waals surface area (Å²) in [6, 6.07) is 14.7. The van der Waals surface area contributed by atoms with Crippen LogP contribution in [0.1, 0.15) is 107 Å². The van der Waals surface area contributed by atoms with Gasteiger partial charge in [0.05, 0.1) is 37.2 Å². The predicted molar refractivity (Wildman–Crippen MR) is 203 cm³/mol. The van der Waals surface area contributed by atoms with Crippen molar-refractivity contribution in [2.24, 2.45) is 11.8 Å². The molecule has 2 aromatic carbocycles. The van der Waals surface area contributed by atoms with Crippen LogP contribution in [0.5, 0.6) is 0 Å². The minimum Gasteiger partial charge on any atom is -0.376 e. The van der Waals surface area contributed by atoms with E-state index in [0.717, 1.165) is 90.8 Å². The highest BCUT2D eigenvalue weighted by atomic mass is 16.5. The molecule has 0 N–H and O–H groups in total. The lowest BCUT2D eigenvalue weighted by Crippen LogP contribution is -2.25. The molecule has 2 atom stereocenters. The van der Waals surface area contributed by atoms with E-state index in [0.29, 0.717) is 5.92 Å². The first-order valence-corrected chi connectivity index (χ1v) is 19.3. The number of aromatic nitrogens is 6. The molecule has 8 nitrogen and oxygen atoms in total. The Morgan fingerprint density at radius 2 is 1.45 bits per heavy atom. The molecule has 0 bridgehead atoms. The van der Waals surface area contributed by atoms with Gasteiger partial charge in [-0.1, -0.05) is 66.2 Å². The zero-order valence-corrected chi connectivity index (χ0v) is 31.0. The molecule has 51 heavy (non-hydrogen) atoms. The third-order valence-electron chi connectivity index (χ3n) is 9.82. The van der Waals surface area contributed by atoms with Gasteiger partial charge in [0.25, 0.3) is 0 Å². The van der Waals surface area contributed by atoms with Gasteiger partial charge in [0.1, 0.15) is 11.4 Å². The van der Waals surface area contributed by atoms with E-state index in [-0.39, 0.29) is 12.2 Å². The van der Waals surface area contributed by atoms with E-state index in [2.05, 4.69) is 101 Å². The van der Waals surface area contributed by atoms with Gasteiger partial charge in [-0.2, -0.15) is 0 Å². The van der Waals surface area contributed by atoms with Crippen molar-refractivity contribution in [2.75, 3.05) is 13.2 Å². The van der Waals surface area contributed by atoms with Crippen LogP contribution in [0.4, 0.5) is 0 Å². The van der Waals surface area contributed by atoms with Crippen molar-refractivity contribution in [1.82, 2.24) is 30.0 Å². The summed E-state index contributed by atoms with van der Waals surface area (Å²) >= 11 is 0. The second-order valence-electron chi connectivity index (χ2n) is 14.1. The molecule has 2 aromatic heterocycles. The van der Waals surface area contributed by atoms with E-state index in [1.54, 1.807) is 0 Å². The first-order chi connectivity index (χ1) is 25.1. The lowest BCUT2D eigenvalue weighted by molar-refractivity contribution is 0.00332. The molecule has 2 aliphatic heterocycles. The molecule has 0 unspecified atom stereocenters. The second kappa shape index (κ2) is 18.3. The van der Waals surface area contributed by atoms with Gasteiger partial charge < -0.3 is 9.47 Å². The van der Waals surface area contributed by atoms with Crippen LogP contribution in [0.15, 0.2) is 48.7 Å². The Kier molecular flexibility index (Phi) is 13.1. The number of rotatable bonds is 7. The SMILES string of the molecule is C(#Cc1ccc(-c2cn(C[C@H]3CCCCO3)nn2)cc1)CC1CC1.CC.Cc1cc(C#CC2CC2)ccc1-c1nnn(C[C@H]2CCCCO2)c1C. The molecule has 0 spiro atoms. The monoisotopic (exact) mass is 686 g/mol. The Labute approximate surface area is 304 Å². The average molecular weight is 687 g/mol. The van der Waals surface area contributed by atoms with Gasteiger partial charge in [-0.3, -0.25) is 0 Å². The van der Waals surface area contributed by atoms with Gasteiger partial charge in [0.2, 0.25) is 0 Å². The summed E-state index contributed by atoms with van der Waals surface area (Å²) in [5.41, 5.74) is 8.57. The van der Waals surface area contributed by atoms with Crippen molar-refractivity contribution in [2.45, 2.75) is 124 Å². The van der Waals surface area contributed by atoms with Crippen LogP contribution in [-0.2, 0) is 22.6 Å². The summed E-state index contributed by atoms with van der Waals surface area (Å²) in [5, 5.41) is 17.4. The maximum absolute atomic E-state index is 5.84. The third kappa shape index (κ3) is 10.9. The Balaban J connectivity index is 0.000000168. The van der Waals surface area contributed by atoms with Crippen LogP contribution in [0, 0.1) is 49.4 Å². The van der Waals surface area contributed by atoms with Crippen LogP contribution in [-0.4, -0.2) is 55.4 Å². The molecule has 4 aliphatic rings. The van der Waals surface area contributed by atoms with Crippen LogP contribution in [0.2, 0.25) is 0 Å². The summed E-state index contributed by atoms with van der Waals surface area (Å²) in [5.74, 6) is 14.6. The van der Waals surface area contributed by atoms with Crippen molar-refractivity contribution < 1.29 is 9.47 Å². The summed E-state index contributed by atoms with van der Waals surface area (Å²) in [4.78, 5) is 0. The largest absolute Gasteiger partial charge is 0.376 e. The molecule has 2 aliphatic carbocycles. The fraction of sp³-hybridized carbons (Fsp3) is 0.535. The van der Waals surface area contributed by atoms with Gasteiger partial charge in [-0.25, -0.2) is 9.36 Å². The molecule has 8 rings (SSSR count). The zero-order chi connectivity index (χ0) is 35.4. The number of ether oxygens (including phenoxy) is 2. The topological polar surface area (TPSA) is 79.9 Å². The normalized spacial score (nSPS) is 19.6. The number of nitrogens with zero attached hydrogens (tertiary/aromatic N) is 6. The van der Waals surface area contributed by atoms with E-state index >= 15 is 0 Å². The van der Waals surface area contributed by atoms with Crippen molar-refractivity contribution in [3.05, 3.63) is 71.0 Å². The van der Waals surface area contributed by atoms with E-state index in [1.807, 2.05) is 29.4 Å². The maximum Gasteiger partial charge on any atom is 0.116 e. The Morgan fingerprint density at radius 1 is 0.745 bits per heavy atom. The van der Waals surface area contributed by atoms with E-state index in [9.17, 15) is 0 Å². The Bertz CT molecular complexity index is 1820. The van der Waals surface area contributed by atoms with Crippen molar-refractivity contribution >= 4 is 0 Å². The molecular weight excluding hydrogens is 633 g/mol. The number of aryl methyl sites for hydroxylation is 1. The minimum absolute atomic E-state index is 0.267. The highest BCUT2D eigenvalue weighted by molar-refractivity contribution is 5.66. The Morgan fingerprint density at radius 3 is 2.10 bits per heavy atom. The molecule has 4 fully saturated rings. The molecule has 0 amide bonds. The summed E-state index contributed by atoms with van der Waals surface area (Å²) in [7, 11) is 0. The van der Waals surface area contributed by atoms with Gasteiger partial charge in [-0.05, 0) is 114 Å². The average Bonchev–Trinajstić information content (AvgIpc) is 4.10. The Hall–Kier alpha value is -4.24. The van der Waals surface area contributed by atoms with Crippen molar-refractivity contribution in [3.63, 3.8) is 0 Å². The smallest absolute Gasteiger partial charge is 0.116 e. The van der Waals surface area contributed by atoms with Gasteiger partial charge >= 0.3 is 0 Å².